The third-order valence-corrected chi connectivity index (χ3v) is 5.89. The van der Waals surface area contributed by atoms with Crippen LogP contribution in [0.4, 0.5) is 0 Å². The minimum atomic E-state index is -4.15. The second kappa shape index (κ2) is 6.78. The first-order chi connectivity index (χ1) is 12.3. The van der Waals surface area contributed by atoms with E-state index in [4.69, 9.17) is 10.3 Å². The minimum absolute atomic E-state index is 0.0536. The molecule has 0 bridgehead atoms. The van der Waals surface area contributed by atoms with Crippen molar-refractivity contribution in [3.63, 3.8) is 0 Å². The molecule has 26 heavy (non-hydrogen) atoms. The molecule has 1 aliphatic heterocycles. The Labute approximate surface area is 148 Å². The molecule has 3 rings (SSSR count). The van der Waals surface area contributed by atoms with E-state index in [9.17, 15) is 18.0 Å². The van der Waals surface area contributed by atoms with Crippen molar-refractivity contribution in [1.82, 2.24) is 19.8 Å². The maximum atomic E-state index is 13.0. The van der Waals surface area contributed by atoms with Crippen molar-refractivity contribution < 1.29 is 28.3 Å². The quantitative estimate of drug-likeness (QED) is 0.489. The monoisotopic (exact) mass is 378 g/mol. The lowest BCUT2D eigenvalue weighted by Crippen LogP contribution is -2.52. The number of fused-ring (bicyclic) bond motifs is 1. The first-order valence-electron chi connectivity index (χ1n) is 7.42. The summed E-state index contributed by atoms with van der Waals surface area (Å²) in [5, 5.41) is 17.9. The Morgan fingerprint density at radius 2 is 1.73 bits per heavy atom. The van der Waals surface area contributed by atoms with Gasteiger partial charge in [-0.3, -0.25) is 20.0 Å². The number of nitrogens with zero attached hydrogens (tertiary/aromatic N) is 3. The number of amides is 1. The molecule has 0 saturated carbocycles. The highest BCUT2D eigenvalue weighted by atomic mass is 32.2. The zero-order chi connectivity index (χ0) is 18.9. The highest BCUT2D eigenvalue weighted by Gasteiger charge is 2.40. The van der Waals surface area contributed by atoms with Crippen molar-refractivity contribution in [2.75, 3.05) is 0 Å². The molecule has 0 aliphatic carbocycles. The van der Waals surface area contributed by atoms with Crippen LogP contribution in [0.25, 0.3) is 0 Å². The van der Waals surface area contributed by atoms with Crippen LogP contribution in [0.2, 0.25) is 0 Å². The molecule has 1 aliphatic rings. The van der Waals surface area contributed by atoms with E-state index in [1.165, 1.54) is 17.9 Å². The Balaban J connectivity index is 2.03. The van der Waals surface area contributed by atoms with Crippen LogP contribution < -0.4 is 5.48 Å². The first-order valence-corrected chi connectivity index (χ1v) is 8.86. The highest BCUT2D eigenvalue weighted by Crippen LogP contribution is 2.27. The predicted molar refractivity (Wildman–Crippen MR) is 85.6 cm³/mol. The molecule has 0 spiro atoms. The molecule has 2 aromatic rings. The summed E-state index contributed by atoms with van der Waals surface area (Å²) in [5.41, 5.74) is 2.28. The summed E-state index contributed by atoms with van der Waals surface area (Å²) < 4.78 is 26.9. The number of sulfonamides is 1. The number of carbonyl (C=O) groups is 2. The van der Waals surface area contributed by atoms with Crippen molar-refractivity contribution in [3.05, 3.63) is 53.6 Å². The van der Waals surface area contributed by atoms with Crippen LogP contribution in [0.15, 0.2) is 41.6 Å². The van der Waals surface area contributed by atoms with Gasteiger partial charge in [0.1, 0.15) is 6.04 Å². The molecule has 0 saturated heterocycles. The Morgan fingerprint density at radius 1 is 1.12 bits per heavy atom. The fourth-order valence-electron chi connectivity index (χ4n) is 2.70. The number of benzene rings is 1. The summed E-state index contributed by atoms with van der Waals surface area (Å²) in [6, 6.07) is 3.41. The van der Waals surface area contributed by atoms with E-state index in [0.717, 1.165) is 28.6 Å². The molecule has 0 radical (unpaired) electrons. The molecule has 11 heteroatoms. The number of hydroxylamine groups is 1. The third kappa shape index (κ3) is 3.14. The average Bonchev–Trinajstić information content (AvgIpc) is 2.66. The summed E-state index contributed by atoms with van der Waals surface area (Å²) in [6.45, 7) is -0.204. The molecule has 1 aromatic heterocycles. The molecule has 2 heterocycles. The molecule has 10 nitrogen and oxygen atoms in total. The fraction of sp³-hybridized carbons (Fsp3) is 0.200. The molecule has 0 unspecified atom stereocenters. The predicted octanol–water partition coefficient (Wildman–Crippen LogP) is -0.204. The van der Waals surface area contributed by atoms with Gasteiger partial charge in [0.05, 0.1) is 28.4 Å². The van der Waals surface area contributed by atoms with E-state index < -0.39 is 27.9 Å². The first kappa shape index (κ1) is 17.9. The van der Waals surface area contributed by atoms with E-state index in [0.29, 0.717) is 11.4 Å². The van der Waals surface area contributed by atoms with Crippen LogP contribution >= 0.6 is 0 Å². The molecule has 136 valence electrons. The largest absolute Gasteiger partial charge is 0.478 e. The second-order valence-corrected chi connectivity index (χ2v) is 7.42. The SMILES string of the molecule is O=C(O)c1ccc(S(=O)(=O)N2Cc3nccnc3C[C@@H]2C(=O)NO)cc1. The number of carboxylic acid groups (broad SMARTS) is 1. The highest BCUT2D eigenvalue weighted by molar-refractivity contribution is 7.89. The van der Waals surface area contributed by atoms with Crippen molar-refractivity contribution in [3.8, 4) is 0 Å². The summed E-state index contributed by atoms with van der Waals surface area (Å²) in [7, 11) is -4.15. The standard InChI is InChI=1S/C15H14N4O6S/c20-14(18-23)13-7-11-12(17-6-5-16-11)8-19(13)26(24,25)10-3-1-9(2-4-10)15(21)22/h1-6,13,23H,7-8H2,(H,18,20)(H,21,22)/t13-/m1/s1. The Morgan fingerprint density at radius 3 is 2.31 bits per heavy atom. The molecule has 1 atom stereocenters. The van der Waals surface area contributed by atoms with Crippen molar-refractivity contribution in [2.45, 2.75) is 23.9 Å². The average molecular weight is 378 g/mol. The lowest BCUT2D eigenvalue weighted by atomic mass is 10.0. The summed E-state index contributed by atoms with van der Waals surface area (Å²) in [5.74, 6) is -2.08. The topological polar surface area (TPSA) is 150 Å². The number of carboxylic acids is 1. The van der Waals surface area contributed by atoms with Crippen molar-refractivity contribution in [2.24, 2.45) is 0 Å². The van der Waals surface area contributed by atoms with Crippen molar-refractivity contribution in [1.29, 1.82) is 0 Å². The van der Waals surface area contributed by atoms with Crippen LogP contribution in [-0.2, 0) is 27.8 Å². The normalized spacial score (nSPS) is 17.3. The maximum absolute atomic E-state index is 13.0. The molecular weight excluding hydrogens is 364 g/mol. The van der Waals surface area contributed by atoms with Gasteiger partial charge in [-0.15, -0.1) is 0 Å². The van der Waals surface area contributed by atoms with E-state index in [1.54, 1.807) is 0 Å². The number of aromatic nitrogens is 2. The van der Waals surface area contributed by atoms with E-state index in [1.807, 2.05) is 0 Å². The number of hydrogen-bond donors (Lipinski definition) is 3. The zero-order valence-corrected chi connectivity index (χ0v) is 14.0. The van der Waals surface area contributed by atoms with Crippen LogP contribution in [-0.4, -0.2) is 50.9 Å². The van der Waals surface area contributed by atoms with Crippen LogP contribution in [0.5, 0.6) is 0 Å². The van der Waals surface area contributed by atoms with Crippen molar-refractivity contribution >= 4 is 21.9 Å². The van der Waals surface area contributed by atoms with E-state index in [-0.39, 0.29) is 23.4 Å². The number of nitrogens with one attached hydrogen (secondary N) is 1. The molecule has 1 aromatic carbocycles. The van der Waals surface area contributed by atoms with Gasteiger partial charge in [-0.2, -0.15) is 4.31 Å². The van der Waals surface area contributed by atoms with Gasteiger partial charge < -0.3 is 5.11 Å². The third-order valence-electron chi connectivity index (χ3n) is 4.02. The molecule has 0 fully saturated rings. The maximum Gasteiger partial charge on any atom is 0.335 e. The van der Waals surface area contributed by atoms with Gasteiger partial charge in [-0.1, -0.05) is 0 Å². The molecular formula is C15H14N4O6S. The lowest BCUT2D eigenvalue weighted by molar-refractivity contribution is -0.133. The number of carbonyl (C=O) groups excluding carboxylic acids is 1. The van der Waals surface area contributed by atoms with Gasteiger partial charge in [-0.05, 0) is 24.3 Å². The van der Waals surface area contributed by atoms with Gasteiger partial charge in [0.25, 0.3) is 5.91 Å². The minimum Gasteiger partial charge on any atom is -0.478 e. The van der Waals surface area contributed by atoms with Crippen LogP contribution in [0.1, 0.15) is 21.7 Å². The smallest absolute Gasteiger partial charge is 0.335 e. The number of hydrogen-bond acceptors (Lipinski definition) is 7. The van der Waals surface area contributed by atoms with Gasteiger partial charge >= 0.3 is 5.97 Å². The van der Waals surface area contributed by atoms with Crippen LogP contribution in [0, 0.1) is 0 Å². The van der Waals surface area contributed by atoms with E-state index in [2.05, 4.69) is 9.97 Å². The summed E-state index contributed by atoms with van der Waals surface area (Å²) in [4.78, 5) is 31.0. The molecule has 1 amide bonds. The van der Waals surface area contributed by atoms with Gasteiger partial charge in [0.2, 0.25) is 10.0 Å². The fourth-order valence-corrected chi connectivity index (χ4v) is 4.24. The molecule has 3 N–H and O–H groups in total. The van der Waals surface area contributed by atoms with Gasteiger partial charge in [0.15, 0.2) is 0 Å². The van der Waals surface area contributed by atoms with E-state index >= 15 is 0 Å². The van der Waals surface area contributed by atoms with Gasteiger partial charge in [-0.25, -0.2) is 18.7 Å². The lowest BCUT2D eigenvalue weighted by Gasteiger charge is -2.33. The number of rotatable bonds is 4. The Kier molecular flexibility index (Phi) is 4.68. The second-order valence-electron chi connectivity index (χ2n) is 5.53. The van der Waals surface area contributed by atoms with Crippen LogP contribution in [0.3, 0.4) is 0 Å². The Bertz CT molecular complexity index is 960. The summed E-state index contributed by atoms with van der Waals surface area (Å²) in [6.07, 6.45) is 2.79. The number of aromatic carboxylic acids is 1. The Hall–Kier alpha value is -2.89. The van der Waals surface area contributed by atoms with Gasteiger partial charge in [0, 0.05) is 18.8 Å². The summed E-state index contributed by atoms with van der Waals surface area (Å²) >= 11 is 0. The zero-order valence-electron chi connectivity index (χ0n) is 13.2.